The van der Waals surface area contributed by atoms with Crippen LogP contribution in [0.25, 0.3) is 0 Å². The zero-order chi connectivity index (χ0) is 31.3. The third kappa shape index (κ3) is 11.2. The van der Waals surface area contributed by atoms with Gasteiger partial charge in [-0.15, -0.1) is 0 Å². The highest BCUT2D eigenvalue weighted by Crippen LogP contribution is 2.29. The van der Waals surface area contributed by atoms with E-state index in [0.717, 1.165) is 36.8 Å². The number of ether oxygens (including phenoxy) is 1. The molecule has 0 fully saturated rings. The number of para-hydroxylation sites is 1. The van der Waals surface area contributed by atoms with Crippen LogP contribution in [-0.4, -0.2) is 46.9 Å². The lowest BCUT2D eigenvalue weighted by atomic mass is 9.97. The fourth-order valence-corrected chi connectivity index (χ4v) is 4.70. The van der Waals surface area contributed by atoms with E-state index in [1.165, 1.54) is 4.90 Å². The van der Waals surface area contributed by atoms with Crippen LogP contribution in [0.4, 0.5) is 10.5 Å². The van der Waals surface area contributed by atoms with Crippen molar-refractivity contribution in [2.75, 3.05) is 11.9 Å². The van der Waals surface area contributed by atoms with Crippen molar-refractivity contribution in [3.8, 4) is 0 Å². The van der Waals surface area contributed by atoms with Crippen LogP contribution in [-0.2, 0) is 19.1 Å². The minimum absolute atomic E-state index is 0.0281. The van der Waals surface area contributed by atoms with Crippen LogP contribution in [0.5, 0.6) is 0 Å². The second-order valence-electron chi connectivity index (χ2n) is 11.7. The van der Waals surface area contributed by atoms with Crippen LogP contribution in [0.1, 0.15) is 95.4 Å². The number of alkyl carbamates (subject to hydrolysis) is 1. The van der Waals surface area contributed by atoms with Crippen molar-refractivity contribution in [1.82, 2.24) is 10.2 Å². The lowest BCUT2D eigenvalue weighted by Crippen LogP contribution is -2.53. The molecule has 0 aliphatic rings. The normalized spacial score (nSPS) is 12.6. The Bertz CT molecular complexity index is 1210. The van der Waals surface area contributed by atoms with Crippen molar-refractivity contribution < 1.29 is 23.9 Å². The van der Waals surface area contributed by atoms with Crippen LogP contribution in [0.3, 0.4) is 0 Å². The number of unbranched alkanes of at least 4 members (excludes halogenated alkanes) is 4. The van der Waals surface area contributed by atoms with Crippen molar-refractivity contribution in [2.24, 2.45) is 5.73 Å². The van der Waals surface area contributed by atoms with Crippen LogP contribution in [0.15, 0.2) is 48.5 Å². The van der Waals surface area contributed by atoms with Crippen molar-refractivity contribution in [2.45, 2.75) is 104 Å². The van der Waals surface area contributed by atoms with Crippen molar-refractivity contribution in [3.63, 3.8) is 0 Å². The van der Waals surface area contributed by atoms with Gasteiger partial charge in [0.1, 0.15) is 17.7 Å². The van der Waals surface area contributed by atoms with Gasteiger partial charge in [0.15, 0.2) is 0 Å². The highest BCUT2D eigenvalue weighted by atomic mass is 16.6. The van der Waals surface area contributed by atoms with Gasteiger partial charge < -0.3 is 26.0 Å². The molecule has 0 aromatic heterocycles. The lowest BCUT2D eigenvalue weighted by molar-refractivity contribution is -0.141. The Hall–Kier alpha value is -3.88. The highest BCUT2D eigenvalue weighted by molar-refractivity contribution is 5.99. The molecule has 0 saturated heterocycles. The van der Waals surface area contributed by atoms with Crippen molar-refractivity contribution in [3.05, 3.63) is 65.2 Å². The third-order valence-corrected chi connectivity index (χ3v) is 6.90. The van der Waals surface area contributed by atoms with Gasteiger partial charge in [0.05, 0.1) is 0 Å². The lowest BCUT2D eigenvalue weighted by Gasteiger charge is -2.35. The largest absolute Gasteiger partial charge is 0.444 e. The van der Waals surface area contributed by atoms with E-state index < -0.39 is 35.6 Å². The van der Waals surface area contributed by atoms with Gasteiger partial charge in [0, 0.05) is 18.7 Å². The van der Waals surface area contributed by atoms with Crippen molar-refractivity contribution >= 4 is 29.5 Å². The SMILES string of the molecule is CCCCCCCN(C(=O)C(CCC(N)=O)NC(=O)OC(C)(C)C)C(C(=O)Nc1ccccc1C)c1ccccc1C. The average Bonchev–Trinajstić information content (AvgIpc) is 2.90. The maximum absolute atomic E-state index is 14.4. The predicted molar refractivity (Wildman–Crippen MR) is 166 cm³/mol. The van der Waals surface area contributed by atoms with E-state index in [1.54, 1.807) is 20.8 Å². The van der Waals surface area contributed by atoms with Gasteiger partial charge in [0.2, 0.25) is 11.8 Å². The van der Waals surface area contributed by atoms with E-state index in [9.17, 15) is 19.2 Å². The first-order valence-corrected chi connectivity index (χ1v) is 14.8. The smallest absolute Gasteiger partial charge is 0.408 e. The fraction of sp³-hybridized carbons (Fsp3) is 0.515. The number of nitrogens with two attached hydrogens (primary N) is 1. The Morgan fingerprint density at radius 1 is 0.905 bits per heavy atom. The zero-order valence-electron chi connectivity index (χ0n) is 26.0. The molecule has 0 aliphatic carbocycles. The molecule has 42 heavy (non-hydrogen) atoms. The number of primary amides is 1. The van der Waals surface area contributed by atoms with Crippen LogP contribution >= 0.6 is 0 Å². The second kappa shape index (κ2) is 16.5. The molecule has 2 atom stereocenters. The molecular weight excluding hydrogens is 532 g/mol. The van der Waals surface area contributed by atoms with Gasteiger partial charge in [-0.25, -0.2) is 4.79 Å². The predicted octanol–water partition coefficient (Wildman–Crippen LogP) is 5.94. The van der Waals surface area contributed by atoms with Crippen LogP contribution in [0.2, 0.25) is 0 Å². The molecule has 2 aromatic carbocycles. The Morgan fingerprint density at radius 3 is 2.12 bits per heavy atom. The molecule has 230 valence electrons. The molecule has 2 rings (SSSR count). The van der Waals surface area contributed by atoms with Gasteiger partial charge in [-0.05, 0) is 70.2 Å². The summed E-state index contributed by atoms with van der Waals surface area (Å²) >= 11 is 0. The van der Waals surface area contributed by atoms with E-state index in [4.69, 9.17) is 10.5 Å². The number of hydrogen-bond acceptors (Lipinski definition) is 5. The molecule has 9 nitrogen and oxygen atoms in total. The monoisotopic (exact) mass is 580 g/mol. The number of anilines is 1. The van der Waals surface area contributed by atoms with E-state index in [2.05, 4.69) is 17.6 Å². The maximum atomic E-state index is 14.4. The molecule has 4 amide bonds. The fourth-order valence-electron chi connectivity index (χ4n) is 4.70. The number of nitrogens with one attached hydrogen (secondary N) is 2. The number of amides is 4. The first-order chi connectivity index (χ1) is 19.8. The second-order valence-corrected chi connectivity index (χ2v) is 11.7. The Morgan fingerprint density at radius 2 is 1.52 bits per heavy atom. The Labute approximate surface area is 250 Å². The molecule has 0 spiro atoms. The first-order valence-electron chi connectivity index (χ1n) is 14.8. The van der Waals surface area contributed by atoms with Crippen molar-refractivity contribution in [1.29, 1.82) is 0 Å². The number of carbonyl (C=O) groups excluding carboxylic acids is 4. The van der Waals surface area contributed by atoms with Gasteiger partial charge in [-0.3, -0.25) is 14.4 Å². The quantitative estimate of drug-likeness (QED) is 0.224. The van der Waals surface area contributed by atoms with E-state index >= 15 is 0 Å². The number of rotatable bonds is 15. The Kier molecular flexibility index (Phi) is 13.5. The summed E-state index contributed by atoms with van der Waals surface area (Å²) in [6.45, 7) is 11.4. The number of carbonyl (C=O) groups is 4. The topological polar surface area (TPSA) is 131 Å². The zero-order valence-corrected chi connectivity index (χ0v) is 26.0. The number of nitrogens with zero attached hydrogens (tertiary/aromatic N) is 1. The number of hydrogen-bond donors (Lipinski definition) is 3. The summed E-state index contributed by atoms with van der Waals surface area (Å²) < 4.78 is 5.42. The molecule has 0 bridgehead atoms. The van der Waals surface area contributed by atoms with E-state index in [-0.39, 0.29) is 25.3 Å². The average molecular weight is 581 g/mol. The summed E-state index contributed by atoms with van der Waals surface area (Å²) in [5.41, 5.74) is 7.69. The number of aryl methyl sites for hydroxylation is 2. The summed E-state index contributed by atoms with van der Waals surface area (Å²) in [5.74, 6) is -1.45. The summed E-state index contributed by atoms with van der Waals surface area (Å²) in [5, 5.41) is 5.67. The number of benzene rings is 2. The molecule has 0 aliphatic heterocycles. The molecule has 0 radical (unpaired) electrons. The standard InChI is InChI=1S/C33H48N4O5/c1-7-8-9-10-15-22-37(31(40)27(20-21-28(34)38)36-32(41)42-33(4,5)6)29(25-18-13-11-16-23(25)2)30(39)35-26-19-14-12-17-24(26)3/h11-14,16-19,27,29H,7-10,15,20-22H2,1-6H3,(H2,34,38)(H,35,39)(H,36,41). The van der Waals surface area contributed by atoms with E-state index in [0.29, 0.717) is 17.7 Å². The first kappa shape index (κ1) is 34.3. The molecule has 2 aromatic rings. The molecule has 0 saturated carbocycles. The molecule has 9 heteroatoms. The molecule has 2 unspecified atom stereocenters. The Balaban J connectivity index is 2.56. The van der Waals surface area contributed by atoms with Crippen LogP contribution in [0, 0.1) is 13.8 Å². The minimum Gasteiger partial charge on any atom is -0.444 e. The molecule has 0 heterocycles. The maximum Gasteiger partial charge on any atom is 0.408 e. The summed E-state index contributed by atoms with van der Waals surface area (Å²) in [4.78, 5) is 54.5. The van der Waals surface area contributed by atoms with Gasteiger partial charge in [-0.2, -0.15) is 0 Å². The minimum atomic E-state index is -1.12. The van der Waals surface area contributed by atoms with E-state index in [1.807, 2.05) is 62.4 Å². The van der Waals surface area contributed by atoms with Gasteiger partial charge in [0.25, 0.3) is 5.91 Å². The van der Waals surface area contributed by atoms with Gasteiger partial charge in [-0.1, -0.05) is 75.1 Å². The molecular formula is C33H48N4O5. The van der Waals surface area contributed by atoms with Crippen LogP contribution < -0.4 is 16.4 Å². The summed E-state index contributed by atoms with van der Waals surface area (Å²) in [6, 6.07) is 12.8. The summed E-state index contributed by atoms with van der Waals surface area (Å²) in [6.07, 6.45) is 3.76. The third-order valence-electron chi connectivity index (χ3n) is 6.90. The summed E-state index contributed by atoms with van der Waals surface area (Å²) in [7, 11) is 0. The van der Waals surface area contributed by atoms with Gasteiger partial charge >= 0.3 is 6.09 Å². The molecule has 4 N–H and O–H groups in total. The highest BCUT2D eigenvalue weighted by Gasteiger charge is 2.37.